The predicted molar refractivity (Wildman–Crippen MR) is 99.6 cm³/mol. The Morgan fingerprint density at radius 2 is 1.86 bits per heavy atom. The highest BCUT2D eigenvalue weighted by Crippen LogP contribution is 2.22. The molecule has 0 saturated carbocycles. The lowest BCUT2D eigenvalue weighted by Gasteiger charge is -2.09. The maximum absolute atomic E-state index is 13.4. The van der Waals surface area contributed by atoms with E-state index in [-0.39, 0.29) is 6.42 Å². The smallest absolute Gasteiger partial charge is 0.229 e. The lowest BCUT2D eigenvalue weighted by molar-refractivity contribution is -0.115. The summed E-state index contributed by atoms with van der Waals surface area (Å²) in [5, 5.41) is 19.8. The number of fused-ring (bicyclic) bond motifs is 1. The summed E-state index contributed by atoms with van der Waals surface area (Å²) < 4.78 is 28.0. The van der Waals surface area contributed by atoms with Gasteiger partial charge in [-0.25, -0.2) is 8.78 Å². The van der Waals surface area contributed by atoms with Crippen LogP contribution < -0.4 is 5.32 Å². The molecule has 2 aromatic heterocycles. The first-order chi connectivity index (χ1) is 14.0. The molecule has 0 aliphatic rings. The van der Waals surface area contributed by atoms with Gasteiger partial charge in [0.15, 0.2) is 23.1 Å². The van der Waals surface area contributed by atoms with E-state index in [0.29, 0.717) is 34.0 Å². The van der Waals surface area contributed by atoms with E-state index in [4.69, 9.17) is 5.26 Å². The van der Waals surface area contributed by atoms with Crippen LogP contribution in [0.1, 0.15) is 11.1 Å². The van der Waals surface area contributed by atoms with Gasteiger partial charge in [-0.1, -0.05) is 6.07 Å². The van der Waals surface area contributed by atoms with E-state index in [0.717, 1.165) is 12.1 Å². The third-order valence-electron chi connectivity index (χ3n) is 4.20. The van der Waals surface area contributed by atoms with Crippen LogP contribution in [-0.2, 0) is 11.2 Å². The summed E-state index contributed by atoms with van der Waals surface area (Å²) in [5.74, 6) is -1.65. The molecule has 0 aliphatic heterocycles. The van der Waals surface area contributed by atoms with E-state index in [1.807, 2.05) is 6.07 Å². The van der Waals surface area contributed by atoms with Crippen LogP contribution in [0.25, 0.3) is 17.0 Å². The second-order valence-electron chi connectivity index (χ2n) is 6.17. The van der Waals surface area contributed by atoms with E-state index in [1.165, 1.54) is 18.5 Å². The molecule has 0 saturated heterocycles. The summed E-state index contributed by atoms with van der Waals surface area (Å²) in [5.41, 5.74) is 1.94. The van der Waals surface area contributed by atoms with Crippen molar-refractivity contribution < 1.29 is 13.6 Å². The third-order valence-corrected chi connectivity index (χ3v) is 4.20. The molecule has 0 unspecified atom stereocenters. The van der Waals surface area contributed by atoms with Crippen LogP contribution in [0, 0.1) is 23.0 Å². The number of rotatable bonds is 4. The summed E-state index contributed by atoms with van der Waals surface area (Å²) in [6.07, 6.45) is 2.78. The summed E-state index contributed by atoms with van der Waals surface area (Å²) >= 11 is 0. The molecule has 4 aromatic rings. The lowest BCUT2D eigenvalue weighted by Crippen LogP contribution is -2.17. The molecule has 2 aromatic carbocycles. The predicted octanol–water partition coefficient (Wildman–Crippen LogP) is 3.12. The quantitative estimate of drug-likeness (QED) is 0.578. The van der Waals surface area contributed by atoms with Crippen molar-refractivity contribution in [2.24, 2.45) is 0 Å². The number of hydrogen-bond acceptors (Lipinski definition) is 5. The van der Waals surface area contributed by atoms with E-state index in [2.05, 4.69) is 20.5 Å². The highest BCUT2D eigenvalue weighted by molar-refractivity contribution is 5.92. The van der Waals surface area contributed by atoms with Crippen LogP contribution in [-0.4, -0.2) is 25.5 Å². The van der Waals surface area contributed by atoms with Crippen molar-refractivity contribution >= 4 is 17.4 Å². The Hall–Kier alpha value is -4.19. The lowest BCUT2D eigenvalue weighted by atomic mass is 10.1. The van der Waals surface area contributed by atoms with Gasteiger partial charge in [-0.05, 0) is 42.0 Å². The molecule has 4 rings (SSSR count). The number of nitrogens with zero attached hydrogens (tertiary/aromatic N) is 5. The number of carbonyl (C=O) groups is 1. The first-order valence-electron chi connectivity index (χ1n) is 8.48. The van der Waals surface area contributed by atoms with Gasteiger partial charge in [-0.3, -0.25) is 14.2 Å². The van der Waals surface area contributed by atoms with Gasteiger partial charge in [-0.15, -0.1) is 10.2 Å². The molecule has 1 N–H and O–H groups in total. The van der Waals surface area contributed by atoms with Gasteiger partial charge in [-0.2, -0.15) is 5.26 Å². The second kappa shape index (κ2) is 7.44. The van der Waals surface area contributed by atoms with Crippen molar-refractivity contribution in [1.29, 1.82) is 5.26 Å². The molecule has 0 spiro atoms. The Labute approximate surface area is 163 Å². The Morgan fingerprint density at radius 1 is 1.07 bits per heavy atom. The van der Waals surface area contributed by atoms with E-state index in [9.17, 15) is 13.6 Å². The summed E-state index contributed by atoms with van der Waals surface area (Å²) in [4.78, 5) is 16.5. The molecule has 9 heteroatoms. The van der Waals surface area contributed by atoms with Crippen LogP contribution in [0.2, 0.25) is 0 Å². The van der Waals surface area contributed by atoms with Gasteiger partial charge >= 0.3 is 0 Å². The number of nitriles is 1. The van der Waals surface area contributed by atoms with Crippen molar-refractivity contribution in [1.82, 2.24) is 19.6 Å². The highest BCUT2D eigenvalue weighted by Gasteiger charge is 2.15. The van der Waals surface area contributed by atoms with Gasteiger partial charge in [0.2, 0.25) is 5.91 Å². The number of benzene rings is 2. The normalized spacial score (nSPS) is 10.7. The van der Waals surface area contributed by atoms with Crippen LogP contribution >= 0.6 is 0 Å². The van der Waals surface area contributed by atoms with Crippen molar-refractivity contribution in [3.63, 3.8) is 0 Å². The van der Waals surface area contributed by atoms with Gasteiger partial charge in [0.1, 0.15) is 5.82 Å². The Bertz CT molecular complexity index is 1260. The number of halogens is 2. The third kappa shape index (κ3) is 3.64. The van der Waals surface area contributed by atoms with Crippen molar-refractivity contribution in [2.75, 3.05) is 5.32 Å². The molecular weight excluding hydrogens is 378 g/mol. The fourth-order valence-electron chi connectivity index (χ4n) is 2.84. The monoisotopic (exact) mass is 390 g/mol. The average molecular weight is 390 g/mol. The minimum Gasteiger partial charge on any atom is -0.310 e. The molecule has 2 heterocycles. The molecule has 1 amide bonds. The average Bonchev–Trinajstić information content (AvgIpc) is 3.16. The van der Waals surface area contributed by atoms with Gasteiger partial charge in [0.05, 0.1) is 30.4 Å². The number of hydrogen-bond donors (Lipinski definition) is 1. The maximum Gasteiger partial charge on any atom is 0.229 e. The first kappa shape index (κ1) is 18.2. The Morgan fingerprint density at radius 3 is 2.59 bits per heavy atom. The van der Waals surface area contributed by atoms with Crippen LogP contribution in [0.3, 0.4) is 0 Å². The fourth-order valence-corrected chi connectivity index (χ4v) is 2.84. The van der Waals surface area contributed by atoms with Crippen molar-refractivity contribution in [2.45, 2.75) is 6.42 Å². The minimum absolute atomic E-state index is 0.151. The van der Waals surface area contributed by atoms with Gasteiger partial charge < -0.3 is 5.32 Å². The highest BCUT2D eigenvalue weighted by atomic mass is 19.2. The number of amides is 1. The molecule has 142 valence electrons. The molecule has 0 bridgehead atoms. The summed E-state index contributed by atoms with van der Waals surface area (Å²) in [7, 11) is 0. The molecule has 0 fully saturated rings. The number of anilines is 1. The fraction of sp³-hybridized carbons (Fsp3) is 0.0500. The minimum atomic E-state index is -1.01. The van der Waals surface area contributed by atoms with E-state index < -0.39 is 17.5 Å². The molecule has 0 aliphatic carbocycles. The second-order valence-corrected chi connectivity index (χ2v) is 6.17. The zero-order valence-electron chi connectivity index (χ0n) is 14.8. The van der Waals surface area contributed by atoms with Crippen LogP contribution in [0.15, 0.2) is 54.9 Å². The summed E-state index contributed by atoms with van der Waals surface area (Å²) in [6, 6.07) is 12.1. The SMILES string of the molecule is N#Cc1ccc(-c2nnc3cncc(NC(=O)Cc4ccc(F)c(F)c4)n23)cc1. The number of aromatic nitrogens is 4. The summed E-state index contributed by atoms with van der Waals surface area (Å²) in [6.45, 7) is 0. The largest absolute Gasteiger partial charge is 0.310 e. The van der Waals surface area contributed by atoms with E-state index in [1.54, 1.807) is 28.7 Å². The maximum atomic E-state index is 13.4. The van der Waals surface area contributed by atoms with Crippen molar-refractivity contribution in [3.8, 4) is 17.5 Å². The zero-order chi connectivity index (χ0) is 20.4. The van der Waals surface area contributed by atoms with Crippen LogP contribution in [0.5, 0.6) is 0 Å². The standard InChI is InChI=1S/C20H12F2N6O/c21-15-6-3-13(7-16(15)22)8-19(29)25-17-10-24-11-18-26-27-20(28(17)18)14-4-1-12(9-23)2-5-14/h1-7,10-11H,8H2,(H,25,29). The molecule has 29 heavy (non-hydrogen) atoms. The molecule has 0 atom stereocenters. The van der Waals surface area contributed by atoms with Crippen molar-refractivity contribution in [3.05, 3.63) is 77.6 Å². The molecular formula is C20H12F2N6O. The van der Waals surface area contributed by atoms with Gasteiger partial charge in [0.25, 0.3) is 0 Å². The Kier molecular flexibility index (Phi) is 4.66. The molecule has 0 radical (unpaired) electrons. The zero-order valence-corrected chi connectivity index (χ0v) is 14.8. The first-order valence-corrected chi connectivity index (χ1v) is 8.48. The van der Waals surface area contributed by atoms with Crippen LogP contribution in [0.4, 0.5) is 14.6 Å². The molecule has 7 nitrogen and oxygen atoms in total. The number of nitrogens with one attached hydrogen (secondary N) is 1. The topological polar surface area (TPSA) is 96.0 Å². The van der Waals surface area contributed by atoms with E-state index >= 15 is 0 Å². The number of carbonyl (C=O) groups excluding carboxylic acids is 1. The Balaban J connectivity index is 1.65. The van der Waals surface area contributed by atoms with Gasteiger partial charge in [0, 0.05) is 5.56 Å².